The first-order chi connectivity index (χ1) is 14.1. The molecule has 146 valence electrons. The second kappa shape index (κ2) is 10.6. The molecule has 0 nitrogen and oxygen atoms in total. The summed E-state index contributed by atoms with van der Waals surface area (Å²) in [5.41, 5.74) is 5.07. The molecule has 0 unspecified atom stereocenters. The van der Waals surface area contributed by atoms with Crippen LogP contribution in [0.1, 0.15) is 47.6 Å². The van der Waals surface area contributed by atoms with Gasteiger partial charge >= 0.3 is 0 Å². The Hall–Kier alpha value is -2.82. The van der Waals surface area contributed by atoms with Crippen molar-refractivity contribution in [2.45, 2.75) is 32.6 Å². The van der Waals surface area contributed by atoms with Gasteiger partial charge in [-0.05, 0) is 66.3 Å². The van der Waals surface area contributed by atoms with Crippen LogP contribution >= 0.6 is 11.6 Å². The molecule has 3 rings (SSSR count). The van der Waals surface area contributed by atoms with Crippen molar-refractivity contribution in [3.8, 4) is 11.8 Å². The first-order valence-electron chi connectivity index (χ1n) is 9.95. The van der Waals surface area contributed by atoms with Gasteiger partial charge in [-0.15, -0.1) is 0 Å². The Balaban J connectivity index is 1.56. The van der Waals surface area contributed by atoms with Gasteiger partial charge in [-0.1, -0.05) is 85.3 Å². The fraction of sp³-hybridized carbons (Fsp3) is 0.185. The molecule has 0 aliphatic rings. The third-order valence-corrected chi connectivity index (χ3v) is 4.91. The van der Waals surface area contributed by atoms with Gasteiger partial charge in [-0.3, -0.25) is 0 Å². The molecule has 0 N–H and O–H groups in total. The molecule has 0 spiro atoms. The van der Waals surface area contributed by atoms with E-state index in [4.69, 9.17) is 11.6 Å². The minimum Gasteiger partial charge on any atom is -0.206 e. The zero-order chi connectivity index (χ0) is 20.5. The van der Waals surface area contributed by atoms with Crippen LogP contribution in [-0.2, 0) is 12.8 Å². The molecular weight excluding hydrogens is 379 g/mol. The Morgan fingerprint density at radius 2 is 1.52 bits per heavy atom. The average Bonchev–Trinajstić information content (AvgIpc) is 2.73. The summed E-state index contributed by atoms with van der Waals surface area (Å²) in [5.74, 6) is 5.48. The molecule has 0 aliphatic carbocycles. The molecule has 2 heteroatoms. The predicted octanol–water partition coefficient (Wildman–Crippen LogP) is 7.48. The molecule has 0 fully saturated rings. The van der Waals surface area contributed by atoms with Gasteiger partial charge in [-0.2, -0.15) is 0 Å². The van der Waals surface area contributed by atoms with E-state index in [0.29, 0.717) is 10.6 Å². The second-order valence-electron chi connectivity index (χ2n) is 7.00. The fourth-order valence-corrected chi connectivity index (χ4v) is 3.11. The van der Waals surface area contributed by atoms with Crippen LogP contribution in [0.5, 0.6) is 0 Å². The second-order valence-corrected chi connectivity index (χ2v) is 7.44. The molecule has 0 heterocycles. The first kappa shape index (κ1) is 20.9. The summed E-state index contributed by atoms with van der Waals surface area (Å²) in [6.45, 7) is 2.19. The summed E-state index contributed by atoms with van der Waals surface area (Å²) in [5, 5.41) is 0.375. The predicted molar refractivity (Wildman–Crippen MR) is 122 cm³/mol. The van der Waals surface area contributed by atoms with Crippen LogP contribution in [0.3, 0.4) is 0 Å². The minimum atomic E-state index is -0.395. The standard InChI is InChI=1S/C27H24ClF/c1-2-3-4-5-21-6-8-22(9-7-21)10-11-23-12-14-24(15-13-23)16-17-25-18-19-26(28)20-27(25)29/h4-9,12-15,18-20H,2-3,10-11H2,1H3/b5-4+. The SMILES string of the molecule is CCC/C=C/c1ccc(CCc2ccc(C#Cc3ccc(Cl)cc3F)cc2)cc1. The van der Waals surface area contributed by atoms with Gasteiger partial charge in [0, 0.05) is 10.6 Å². The maximum Gasteiger partial charge on any atom is 0.140 e. The van der Waals surface area contributed by atoms with Gasteiger partial charge in [0.25, 0.3) is 0 Å². The Morgan fingerprint density at radius 1 is 0.862 bits per heavy atom. The van der Waals surface area contributed by atoms with Crippen LogP contribution in [0.15, 0.2) is 72.8 Å². The molecule has 0 amide bonds. The number of benzene rings is 3. The Bertz CT molecular complexity index is 1020. The van der Waals surface area contributed by atoms with Crippen molar-refractivity contribution in [1.82, 2.24) is 0 Å². The largest absolute Gasteiger partial charge is 0.206 e. The highest BCUT2D eigenvalue weighted by atomic mass is 35.5. The molecule has 0 bridgehead atoms. The maximum atomic E-state index is 13.8. The van der Waals surface area contributed by atoms with Crippen molar-refractivity contribution in [3.05, 3.63) is 111 Å². The summed E-state index contributed by atoms with van der Waals surface area (Å²) >= 11 is 5.77. The maximum absolute atomic E-state index is 13.8. The highest BCUT2D eigenvalue weighted by molar-refractivity contribution is 6.30. The minimum absolute atomic E-state index is 0.353. The molecule has 0 saturated carbocycles. The lowest BCUT2D eigenvalue weighted by atomic mass is 10.0. The molecule has 3 aromatic rings. The summed E-state index contributed by atoms with van der Waals surface area (Å²) in [6, 6.07) is 21.4. The normalized spacial score (nSPS) is 10.7. The van der Waals surface area contributed by atoms with E-state index < -0.39 is 5.82 Å². The third-order valence-electron chi connectivity index (χ3n) is 4.67. The van der Waals surface area contributed by atoms with E-state index >= 15 is 0 Å². The van der Waals surface area contributed by atoms with E-state index in [1.165, 1.54) is 29.2 Å². The van der Waals surface area contributed by atoms with Gasteiger partial charge in [0.2, 0.25) is 0 Å². The smallest absolute Gasteiger partial charge is 0.140 e. The Morgan fingerprint density at radius 3 is 2.14 bits per heavy atom. The van der Waals surface area contributed by atoms with Crippen molar-refractivity contribution in [2.24, 2.45) is 0 Å². The highest BCUT2D eigenvalue weighted by Gasteiger charge is 2.00. The van der Waals surface area contributed by atoms with Crippen molar-refractivity contribution in [3.63, 3.8) is 0 Å². The van der Waals surface area contributed by atoms with Crippen molar-refractivity contribution < 1.29 is 4.39 Å². The molecule has 0 saturated heterocycles. The van der Waals surface area contributed by atoms with Crippen LogP contribution in [0.25, 0.3) is 6.08 Å². The van der Waals surface area contributed by atoms with Crippen molar-refractivity contribution in [1.29, 1.82) is 0 Å². The number of rotatable bonds is 6. The summed E-state index contributed by atoms with van der Waals surface area (Å²) in [4.78, 5) is 0. The Labute approximate surface area is 178 Å². The van der Waals surface area contributed by atoms with Crippen LogP contribution in [-0.4, -0.2) is 0 Å². The third kappa shape index (κ3) is 6.63. The van der Waals surface area contributed by atoms with Crippen molar-refractivity contribution >= 4 is 17.7 Å². The topological polar surface area (TPSA) is 0 Å². The number of hydrogen-bond donors (Lipinski definition) is 0. The van der Waals surface area contributed by atoms with E-state index in [0.717, 1.165) is 24.8 Å². The zero-order valence-electron chi connectivity index (χ0n) is 16.6. The lowest BCUT2D eigenvalue weighted by Gasteiger charge is -2.03. The summed E-state index contributed by atoms with van der Waals surface area (Å²) in [6.07, 6.45) is 8.68. The van der Waals surface area contributed by atoms with Gasteiger partial charge < -0.3 is 0 Å². The summed E-state index contributed by atoms with van der Waals surface area (Å²) < 4.78 is 13.8. The van der Waals surface area contributed by atoms with Gasteiger partial charge in [0.15, 0.2) is 0 Å². The number of unbranched alkanes of at least 4 members (excludes halogenated alkanes) is 1. The molecule has 0 radical (unpaired) electrons. The van der Waals surface area contributed by atoms with E-state index in [2.05, 4.69) is 67.3 Å². The van der Waals surface area contributed by atoms with Crippen molar-refractivity contribution in [2.75, 3.05) is 0 Å². The molecule has 0 atom stereocenters. The number of aryl methyl sites for hydroxylation is 2. The number of allylic oxidation sites excluding steroid dienone is 1. The van der Waals surface area contributed by atoms with Crippen LogP contribution in [0, 0.1) is 17.7 Å². The summed E-state index contributed by atoms with van der Waals surface area (Å²) in [7, 11) is 0. The van der Waals surface area contributed by atoms with Crippen LogP contribution < -0.4 is 0 Å². The lowest BCUT2D eigenvalue weighted by molar-refractivity contribution is 0.624. The highest BCUT2D eigenvalue weighted by Crippen LogP contribution is 2.14. The molecule has 3 aromatic carbocycles. The van der Waals surface area contributed by atoms with E-state index in [1.807, 2.05) is 12.1 Å². The lowest BCUT2D eigenvalue weighted by Crippen LogP contribution is -1.91. The van der Waals surface area contributed by atoms with E-state index in [-0.39, 0.29) is 0 Å². The van der Waals surface area contributed by atoms with Gasteiger partial charge in [0.05, 0.1) is 5.56 Å². The van der Waals surface area contributed by atoms with Gasteiger partial charge in [0.1, 0.15) is 5.82 Å². The van der Waals surface area contributed by atoms with Crippen LogP contribution in [0.2, 0.25) is 5.02 Å². The van der Waals surface area contributed by atoms with E-state index in [1.54, 1.807) is 12.1 Å². The van der Waals surface area contributed by atoms with Crippen LogP contribution in [0.4, 0.5) is 4.39 Å². The fourth-order valence-electron chi connectivity index (χ4n) is 2.96. The quantitative estimate of drug-likeness (QED) is 0.375. The number of hydrogen-bond acceptors (Lipinski definition) is 0. The Kier molecular flexibility index (Phi) is 7.68. The molecule has 0 aliphatic heterocycles. The molecule has 29 heavy (non-hydrogen) atoms. The average molecular weight is 403 g/mol. The first-order valence-corrected chi connectivity index (χ1v) is 10.3. The molecule has 0 aromatic heterocycles. The zero-order valence-corrected chi connectivity index (χ0v) is 17.3. The van der Waals surface area contributed by atoms with Gasteiger partial charge in [-0.25, -0.2) is 4.39 Å². The monoisotopic (exact) mass is 402 g/mol. The van der Waals surface area contributed by atoms with E-state index in [9.17, 15) is 4.39 Å². The number of halogens is 2. The molecular formula is C27H24ClF.